The number of aromatic nitrogens is 1. The van der Waals surface area contributed by atoms with Crippen molar-refractivity contribution in [2.45, 2.75) is 20.4 Å². The van der Waals surface area contributed by atoms with E-state index in [9.17, 15) is 4.79 Å². The molecule has 0 saturated carbocycles. The second kappa shape index (κ2) is 9.76. The van der Waals surface area contributed by atoms with Crippen LogP contribution in [0.15, 0.2) is 28.7 Å². The van der Waals surface area contributed by atoms with Crippen molar-refractivity contribution in [1.82, 2.24) is 20.9 Å². The van der Waals surface area contributed by atoms with E-state index in [1.165, 1.54) is 11.3 Å². The Hall–Kier alpha value is -2.61. The highest BCUT2D eigenvalue weighted by Crippen LogP contribution is 2.19. The highest BCUT2D eigenvalue weighted by Gasteiger charge is 2.10. The number of carbonyl (C=O) groups excluding carboxylic acids is 1. The number of hydrogen-bond donors (Lipinski definition) is 3. The molecule has 2 aromatic rings. The van der Waals surface area contributed by atoms with Gasteiger partial charge in [-0.15, -0.1) is 11.3 Å². The average molecular weight is 375 g/mol. The lowest BCUT2D eigenvalue weighted by atomic mass is 10.1. The maximum atomic E-state index is 12.0. The molecule has 0 atom stereocenters. The Kier molecular flexibility index (Phi) is 7.40. The van der Waals surface area contributed by atoms with Crippen molar-refractivity contribution in [1.29, 1.82) is 0 Å². The zero-order valence-electron chi connectivity index (χ0n) is 15.5. The zero-order valence-corrected chi connectivity index (χ0v) is 16.4. The molecule has 0 spiro atoms. The number of nitrogens with zero attached hydrogens (tertiary/aromatic N) is 2. The summed E-state index contributed by atoms with van der Waals surface area (Å²) in [5, 5.41) is 9.29. The SMILES string of the molecule is CN=C(NCCNC(=O)c1scnc1C)NCc1ccc(C)cc1OC. The molecule has 1 amide bonds. The van der Waals surface area contributed by atoms with Crippen LogP contribution in [0.2, 0.25) is 0 Å². The summed E-state index contributed by atoms with van der Waals surface area (Å²) in [6.45, 7) is 5.51. The first-order chi connectivity index (χ1) is 12.5. The van der Waals surface area contributed by atoms with Gasteiger partial charge in [-0.25, -0.2) is 4.98 Å². The smallest absolute Gasteiger partial charge is 0.263 e. The highest BCUT2D eigenvalue weighted by molar-refractivity contribution is 7.11. The van der Waals surface area contributed by atoms with Crippen LogP contribution in [0.5, 0.6) is 5.75 Å². The van der Waals surface area contributed by atoms with E-state index in [-0.39, 0.29) is 5.91 Å². The monoisotopic (exact) mass is 375 g/mol. The van der Waals surface area contributed by atoms with Gasteiger partial charge in [0.1, 0.15) is 10.6 Å². The number of guanidine groups is 1. The van der Waals surface area contributed by atoms with Crippen molar-refractivity contribution < 1.29 is 9.53 Å². The summed E-state index contributed by atoms with van der Waals surface area (Å²) in [7, 11) is 3.37. The summed E-state index contributed by atoms with van der Waals surface area (Å²) in [5.41, 5.74) is 4.63. The second-order valence-electron chi connectivity index (χ2n) is 5.69. The quantitative estimate of drug-likeness (QED) is 0.391. The number of aryl methyl sites for hydroxylation is 2. The maximum Gasteiger partial charge on any atom is 0.263 e. The largest absolute Gasteiger partial charge is 0.496 e. The molecule has 1 aromatic carbocycles. The van der Waals surface area contributed by atoms with Gasteiger partial charge in [0.2, 0.25) is 0 Å². The zero-order chi connectivity index (χ0) is 18.9. The predicted octanol–water partition coefficient (Wildman–Crippen LogP) is 1.86. The lowest BCUT2D eigenvalue weighted by Gasteiger charge is -2.14. The van der Waals surface area contributed by atoms with Crippen LogP contribution in [0.3, 0.4) is 0 Å². The molecular weight excluding hydrogens is 350 g/mol. The Bertz CT molecular complexity index is 773. The number of amides is 1. The summed E-state index contributed by atoms with van der Waals surface area (Å²) in [6.07, 6.45) is 0. The predicted molar refractivity (Wildman–Crippen MR) is 105 cm³/mol. The van der Waals surface area contributed by atoms with Crippen LogP contribution < -0.4 is 20.7 Å². The molecule has 1 heterocycles. The minimum absolute atomic E-state index is 0.0980. The number of methoxy groups -OCH3 is 1. The van der Waals surface area contributed by atoms with Crippen LogP contribution in [0.4, 0.5) is 0 Å². The number of hydrogen-bond acceptors (Lipinski definition) is 5. The van der Waals surface area contributed by atoms with E-state index in [1.807, 2.05) is 32.0 Å². The first kappa shape index (κ1) is 19.7. The lowest BCUT2D eigenvalue weighted by molar-refractivity contribution is 0.0957. The van der Waals surface area contributed by atoms with Gasteiger partial charge >= 0.3 is 0 Å². The van der Waals surface area contributed by atoms with Gasteiger partial charge in [0, 0.05) is 32.2 Å². The van der Waals surface area contributed by atoms with Crippen molar-refractivity contribution >= 4 is 23.2 Å². The van der Waals surface area contributed by atoms with Gasteiger partial charge in [-0.3, -0.25) is 9.79 Å². The van der Waals surface area contributed by atoms with Gasteiger partial charge in [0.05, 0.1) is 18.3 Å². The fraction of sp³-hybridized carbons (Fsp3) is 0.389. The molecule has 2 rings (SSSR count). The molecule has 7 nitrogen and oxygen atoms in total. The molecule has 0 saturated heterocycles. The van der Waals surface area contributed by atoms with Gasteiger partial charge < -0.3 is 20.7 Å². The average Bonchev–Trinajstić information content (AvgIpc) is 3.07. The number of rotatable bonds is 7. The molecular formula is C18H25N5O2S. The van der Waals surface area contributed by atoms with Gasteiger partial charge in [-0.2, -0.15) is 0 Å². The number of thiazole rings is 1. The highest BCUT2D eigenvalue weighted by atomic mass is 32.1. The van der Waals surface area contributed by atoms with Crippen molar-refractivity contribution in [2.24, 2.45) is 4.99 Å². The van der Waals surface area contributed by atoms with E-state index in [4.69, 9.17) is 4.74 Å². The van der Waals surface area contributed by atoms with E-state index in [2.05, 4.69) is 25.9 Å². The molecule has 0 unspecified atom stereocenters. The van der Waals surface area contributed by atoms with Crippen molar-refractivity contribution in [2.75, 3.05) is 27.2 Å². The molecule has 140 valence electrons. The molecule has 0 aliphatic carbocycles. The lowest BCUT2D eigenvalue weighted by Crippen LogP contribution is -2.41. The molecule has 8 heteroatoms. The molecule has 0 radical (unpaired) electrons. The molecule has 26 heavy (non-hydrogen) atoms. The number of nitrogens with one attached hydrogen (secondary N) is 3. The van der Waals surface area contributed by atoms with Crippen molar-refractivity contribution in [3.05, 3.63) is 45.4 Å². The molecule has 0 aliphatic rings. The Morgan fingerprint density at radius 1 is 1.23 bits per heavy atom. The maximum absolute atomic E-state index is 12.0. The van der Waals surface area contributed by atoms with Crippen LogP contribution in [-0.4, -0.2) is 44.1 Å². The third-order valence-electron chi connectivity index (χ3n) is 3.77. The molecule has 0 aliphatic heterocycles. The fourth-order valence-electron chi connectivity index (χ4n) is 2.35. The fourth-order valence-corrected chi connectivity index (χ4v) is 3.07. The summed E-state index contributed by atoms with van der Waals surface area (Å²) in [6, 6.07) is 6.09. The minimum Gasteiger partial charge on any atom is -0.496 e. The topological polar surface area (TPSA) is 87.6 Å². The van der Waals surface area contributed by atoms with Crippen molar-refractivity contribution in [3.8, 4) is 5.75 Å². The van der Waals surface area contributed by atoms with E-state index in [0.717, 1.165) is 22.6 Å². The van der Waals surface area contributed by atoms with E-state index >= 15 is 0 Å². The third-order valence-corrected chi connectivity index (χ3v) is 4.69. The summed E-state index contributed by atoms with van der Waals surface area (Å²) in [5.74, 6) is 1.41. The van der Waals surface area contributed by atoms with Crippen LogP contribution in [0, 0.1) is 13.8 Å². The number of aliphatic imine (C=N–C) groups is 1. The van der Waals surface area contributed by atoms with E-state index in [1.54, 1.807) is 19.7 Å². The minimum atomic E-state index is -0.0980. The molecule has 3 N–H and O–H groups in total. The third kappa shape index (κ3) is 5.45. The van der Waals surface area contributed by atoms with Crippen LogP contribution in [-0.2, 0) is 6.54 Å². The van der Waals surface area contributed by atoms with Gasteiger partial charge in [-0.1, -0.05) is 12.1 Å². The molecule has 0 fully saturated rings. The Labute approximate surface area is 157 Å². The Balaban J connectivity index is 1.76. The van der Waals surface area contributed by atoms with Crippen LogP contribution in [0.25, 0.3) is 0 Å². The Morgan fingerprint density at radius 2 is 2.00 bits per heavy atom. The summed E-state index contributed by atoms with van der Waals surface area (Å²) in [4.78, 5) is 20.9. The number of ether oxygens (including phenoxy) is 1. The Morgan fingerprint density at radius 3 is 2.65 bits per heavy atom. The molecule has 1 aromatic heterocycles. The van der Waals surface area contributed by atoms with Gasteiger partial charge in [0.15, 0.2) is 5.96 Å². The number of benzene rings is 1. The normalized spacial score (nSPS) is 11.2. The van der Waals surface area contributed by atoms with E-state index < -0.39 is 0 Å². The van der Waals surface area contributed by atoms with Crippen LogP contribution in [0.1, 0.15) is 26.5 Å². The van der Waals surface area contributed by atoms with Crippen LogP contribution >= 0.6 is 11.3 Å². The van der Waals surface area contributed by atoms with Gasteiger partial charge in [0.25, 0.3) is 5.91 Å². The first-order valence-electron chi connectivity index (χ1n) is 8.31. The molecule has 0 bridgehead atoms. The standard InChI is InChI=1S/C18H25N5O2S/c1-12-5-6-14(15(9-12)25-4)10-22-18(19-3)21-8-7-20-17(24)16-13(2)23-11-26-16/h5-6,9,11H,7-8,10H2,1-4H3,(H,20,24)(H2,19,21,22). The second-order valence-corrected chi connectivity index (χ2v) is 6.55. The first-order valence-corrected chi connectivity index (χ1v) is 9.19. The van der Waals surface area contributed by atoms with Gasteiger partial charge in [-0.05, 0) is 25.5 Å². The summed E-state index contributed by atoms with van der Waals surface area (Å²) < 4.78 is 5.41. The van der Waals surface area contributed by atoms with E-state index in [0.29, 0.717) is 30.5 Å². The van der Waals surface area contributed by atoms with Crippen molar-refractivity contribution in [3.63, 3.8) is 0 Å². The summed E-state index contributed by atoms with van der Waals surface area (Å²) >= 11 is 1.35. The number of carbonyl (C=O) groups is 1.